The zero-order valence-corrected chi connectivity index (χ0v) is 9.25. The van der Waals surface area contributed by atoms with Gasteiger partial charge in [-0.05, 0) is 25.7 Å². The van der Waals surface area contributed by atoms with E-state index in [9.17, 15) is 5.11 Å². The van der Waals surface area contributed by atoms with Crippen molar-refractivity contribution in [1.29, 1.82) is 0 Å². The minimum atomic E-state index is -0.733. The van der Waals surface area contributed by atoms with Crippen LogP contribution in [0.15, 0.2) is 6.20 Å². The van der Waals surface area contributed by atoms with Crippen LogP contribution in [-0.2, 0) is 12.1 Å². The predicted molar refractivity (Wildman–Crippen MR) is 55.2 cm³/mol. The highest BCUT2D eigenvalue weighted by Gasteiger charge is 2.45. The topological polar surface area (TPSA) is 38.0 Å². The Morgan fingerprint density at radius 3 is 2.86 bits per heavy atom. The molecule has 0 radical (unpaired) electrons. The first-order chi connectivity index (χ1) is 6.57. The van der Waals surface area contributed by atoms with Crippen LogP contribution < -0.4 is 0 Å². The van der Waals surface area contributed by atoms with Gasteiger partial charge < -0.3 is 5.11 Å². The van der Waals surface area contributed by atoms with Gasteiger partial charge in [0, 0.05) is 6.54 Å². The maximum Gasteiger partial charge on any atom is 0.108 e. The number of halogens is 1. The molecule has 1 aromatic heterocycles. The number of aryl methyl sites for hydroxylation is 1. The van der Waals surface area contributed by atoms with Crippen molar-refractivity contribution in [1.82, 2.24) is 9.78 Å². The van der Waals surface area contributed by atoms with Crippen LogP contribution in [-0.4, -0.2) is 14.9 Å². The van der Waals surface area contributed by atoms with Crippen LogP contribution >= 0.6 is 11.6 Å². The molecule has 0 aromatic carbocycles. The molecule has 4 heteroatoms. The normalized spacial score (nSPS) is 31.6. The fourth-order valence-electron chi connectivity index (χ4n) is 2.35. The monoisotopic (exact) mass is 214 g/mol. The van der Waals surface area contributed by atoms with Gasteiger partial charge in [-0.15, -0.1) is 0 Å². The molecule has 1 aromatic rings. The van der Waals surface area contributed by atoms with Gasteiger partial charge in [0.25, 0.3) is 0 Å². The minimum Gasteiger partial charge on any atom is -0.383 e. The highest BCUT2D eigenvalue weighted by molar-refractivity contribution is 6.31. The van der Waals surface area contributed by atoms with Crippen LogP contribution in [0.25, 0.3) is 0 Å². The Labute approximate surface area is 88.7 Å². The van der Waals surface area contributed by atoms with Gasteiger partial charge in [0.05, 0.1) is 16.9 Å². The largest absolute Gasteiger partial charge is 0.383 e. The summed E-state index contributed by atoms with van der Waals surface area (Å²) in [6.45, 7) is 4.88. The Morgan fingerprint density at radius 1 is 1.71 bits per heavy atom. The first-order valence-corrected chi connectivity index (χ1v) is 5.39. The fourth-order valence-corrected chi connectivity index (χ4v) is 2.67. The van der Waals surface area contributed by atoms with Gasteiger partial charge in [0.15, 0.2) is 0 Å². The van der Waals surface area contributed by atoms with Crippen molar-refractivity contribution in [2.24, 2.45) is 5.92 Å². The molecule has 1 N–H and O–H groups in total. The van der Waals surface area contributed by atoms with Gasteiger partial charge in [-0.1, -0.05) is 18.5 Å². The number of hydrogen-bond donors (Lipinski definition) is 1. The molecule has 3 nitrogen and oxygen atoms in total. The molecule has 0 saturated heterocycles. The fraction of sp³-hybridized carbons (Fsp3) is 0.700. The zero-order valence-electron chi connectivity index (χ0n) is 8.50. The molecule has 1 heterocycles. The van der Waals surface area contributed by atoms with Crippen molar-refractivity contribution >= 4 is 11.6 Å². The first-order valence-electron chi connectivity index (χ1n) is 5.01. The Kier molecular flexibility index (Phi) is 2.32. The standard InChI is InChI=1S/C10H15ClN2O/c1-3-13-9(8(11)6-12-13)10(14)4-7(2)5-10/h6-7,14H,3-5H2,1-2H3. The van der Waals surface area contributed by atoms with Crippen molar-refractivity contribution < 1.29 is 5.11 Å². The molecule has 14 heavy (non-hydrogen) atoms. The minimum absolute atomic E-state index is 0.580. The second kappa shape index (κ2) is 3.24. The summed E-state index contributed by atoms with van der Waals surface area (Å²) in [4.78, 5) is 0. The van der Waals surface area contributed by atoms with Crippen LogP contribution in [0.1, 0.15) is 32.4 Å². The lowest BCUT2D eigenvalue weighted by atomic mass is 9.70. The molecule has 1 aliphatic rings. The van der Waals surface area contributed by atoms with E-state index in [1.165, 1.54) is 0 Å². The average molecular weight is 215 g/mol. The van der Waals surface area contributed by atoms with Gasteiger partial charge in [-0.2, -0.15) is 5.10 Å². The third-order valence-corrected chi connectivity index (χ3v) is 3.18. The van der Waals surface area contributed by atoms with E-state index < -0.39 is 5.60 Å². The molecular weight excluding hydrogens is 200 g/mol. The number of nitrogens with zero attached hydrogens (tertiary/aromatic N) is 2. The SMILES string of the molecule is CCn1ncc(Cl)c1C1(O)CC(C)C1. The summed E-state index contributed by atoms with van der Waals surface area (Å²) in [6.07, 6.45) is 3.19. The second-order valence-corrected chi connectivity index (χ2v) is 4.61. The Balaban J connectivity index is 2.35. The predicted octanol–water partition coefficient (Wildman–Crippen LogP) is 2.17. The van der Waals surface area contributed by atoms with Crippen LogP contribution in [0.5, 0.6) is 0 Å². The van der Waals surface area contributed by atoms with Crippen molar-refractivity contribution in [3.63, 3.8) is 0 Å². The van der Waals surface area contributed by atoms with Crippen LogP contribution in [0.2, 0.25) is 5.02 Å². The van der Waals surface area contributed by atoms with E-state index in [4.69, 9.17) is 11.6 Å². The van der Waals surface area contributed by atoms with Gasteiger partial charge in [-0.3, -0.25) is 4.68 Å². The number of rotatable bonds is 2. The third-order valence-electron chi connectivity index (χ3n) is 2.91. The zero-order chi connectivity index (χ0) is 10.3. The van der Waals surface area contributed by atoms with E-state index in [1.807, 2.05) is 6.92 Å². The Hall–Kier alpha value is -0.540. The highest BCUT2D eigenvalue weighted by Crippen LogP contribution is 2.47. The Bertz CT molecular complexity index is 342. The molecule has 0 aliphatic heterocycles. The molecule has 1 aliphatic carbocycles. The lowest BCUT2D eigenvalue weighted by Crippen LogP contribution is -2.41. The van der Waals surface area contributed by atoms with E-state index in [0.717, 1.165) is 25.1 Å². The van der Waals surface area contributed by atoms with Crippen molar-refractivity contribution in [3.05, 3.63) is 16.9 Å². The van der Waals surface area contributed by atoms with E-state index in [0.29, 0.717) is 10.9 Å². The van der Waals surface area contributed by atoms with Gasteiger partial charge in [0.2, 0.25) is 0 Å². The lowest BCUT2D eigenvalue weighted by Gasteiger charge is -2.42. The average Bonchev–Trinajstić information content (AvgIpc) is 2.44. The van der Waals surface area contributed by atoms with Gasteiger partial charge in [-0.25, -0.2) is 0 Å². The van der Waals surface area contributed by atoms with Crippen molar-refractivity contribution in [2.75, 3.05) is 0 Å². The summed E-state index contributed by atoms with van der Waals surface area (Å²) in [5.74, 6) is 0.580. The molecule has 0 bridgehead atoms. The van der Waals surface area contributed by atoms with E-state index in [1.54, 1.807) is 10.9 Å². The number of hydrogen-bond acceptors (Lipinski definition) is 2. The van der Waals surface area contributed by atoms with Crippen molar-refractivity contribution in [3.8, 4) is 0 Å². The first kappa shape index (κ1) is 9.99. The van der Waals surface area contributed by atoms with E-state index in [2.05, 4.69) is 12.0 Å². The maximum atomic E-state index is 10.3. The molecule has 1 saturated carbocycles. The van der Waals surface area contributed by atoms with Crippen LogP contribution in [0.3, 0.4) is 0 Å². The number of aliphatic hydroxyl groups is 1. The molecule has 78 valence electrons. The Morgan fingerprint density at radius 2 is 2.36 bits per heavy atom. The van der Waals surface area contributed by atoms with Crippen molar-refractivity contribution in [2.45, 2.75) is 38.8 Å². The summed E-state index contributed by atoms with van der Waals surface area (Å²) >= 11 is 6.03. The summed E-state index contributed by atoms with van der Waals surface area (Å²) < 4.78 is 1.79. The molecule has 1 fully saturated rings. The molecule has 0 spiro atoms. The van der Waals surface area contributed by atoms with E-state index >= 15 is 0 Å². The van der Waals surface area contributed by atoms with Crippen LogP contribution in [0.4, 0.5) is 0 Å². The molecule has 0 unspecified atom stereocenters. The number of aromatic nitrogens is 2. The second-order valence-electron chi connectivity index (χ2n) is 4.20. The van der Waals surface area contributed by atoms with Crippen LogP contribution in [0, 0.1) is 5.92 Å². The lowest BCUT2D eigenvalue weighted by molar-refractivity contribution is -0.0803. The quantitative estimate of drug-likeness (QED) is 0.820. The van der Waals surface area contributed by atoms with Gasteiger partial charge >= 0.3 is 0 Å². The summed E-state index contributed by atoms with van der Waals surface area (Å²) in [5, 5.41) is 15.0. The van der Waals surface area contributed by atoms with E-state index in [-0.39, 0.29) is 0 Å². The molecular formula is C10H15ClN2O. The molecule has 0 atom stereocenters. The summed E-state index contributed by atoms with van der Waals surface area (Å²) in [6, 6.07) is 0. The van der Waals surface area contributed by atoms with Gasteiger partial charge in [0.1, 0.15) is 5.60 Å². The third kappa shape index (κ3) is 1.35. The summed E-state index contributed by atoms with van der Waals surface area (Å²) in [7, 11) is 0. The molecule has 2 rings (SSSR count). The molecule has 0 amide bonds. The highest BCUT2D eigenvalue weighted by atomic mass is 35.5. The summed E-state index contributed by atoms with van der Waals surface area (Å²) in [5.41, 5.74) is 0.0583. The smallest absolute Gasteiger partial charge is 0.108 e. The maximum absolute atomic E-state index is 10.3.